The molecule has 0 bridgehead atoms. The molecule has 4 fully saturated rings. The van der Waals surface area contributed by atoms with Gasteiger partial charge in [0.15, 0.2) is 5.78 Å². The molecule has 2 heterocycles. The minimum atomic E-state index is -1.11. The summed E-state index contributed by atoms with van der Waals surface area (Å²) in [6, 6.07) is 7.03. The topological polar surface area (TPSA) is 243 Å². The van der Waals surface area contributed by atoms with E-state index in [-0.39, 0.29) is 116 Å². The third-order valence-electron chi connectivity index (χ3n) is 17.1. The fraction of sp³-hybridized carbons (Fsp3) is 0.754. The molecule has 17 heteroatoms. The first kappa shape index (κ1) is 64.1. The van der Waals surface area contributed by atoms with E-state index in [1.54, 1.807) is 21.0 Å². The van der Waals surface area contributed by atoms with Crippen LogP contribution in [0, 0.1) is 40.4 Å². The molecule has 17 nitrogen and oxygen atoms in total. The molecule has 2 aliphatic carbocycles. The van der Waals surface area contributed by atoms with Crippen LogP contribution in [-0.4, -0.2) is 127 Å². The third kappa shape index (κ3) is 17.9. The number of methoxy groups -OCH3 is 1. The number of ether oxygens (including phenoxy) is 4. The van der Waals surface area contributed by atoms with Crippen molar-refractivity contribution in [2.24, 2.45) is 40.4 Å². The average Bonchev–Trinajstić information content (AvgIpc) is 4.35. The van der Waals surface area contributed by atoms with E-state index in [1.165, 1.54) is 5.57 Å². The number of Topliss-reactive ketones (excluding diaryl/α,β-unsaturated/α-hetero) is 1. The van der Waals surface area contributed by atoms with Crippen LogP contribution in [-0.2, 0) is 58.9 Å². The zero-order valence-corrected chi connectivity index (χ0v) is 49.4. The molecule has 2 saturated carbocycles. The Labute approximate surface area is 465 Å². The van der Waals surface area contributed by atoms with E-state index in [9.17, 15) is 38.7 Å². The maximum atomic E-state index is 14.2. The van der Waals surface area contributed by atoms with Crippen molar-refractivity contribution in [1.82, 2.24) is 26.6 Å². The number of hydrogen-bond acceptors (Lipinski definition) is 12. The van der Waals surface area contributed by atoms with Crippen molar-refractivity contribution in [3.05, 3.63) is 47.5 Å². The molecule has 6 N–H and O–H groups in total. The highest BCUT2D eigenvalue weighted by Gasteiger charge is 2.72. The van der Waals surface area contributed by atoms with E-state index in [4.69, 9.17) is 18.9 Å². The van der Waals surface area contributed by atoms with Gasteiger partial charge in [-0.1, -0.05) is 97.4 Å². The van der Waals surface area contributed by atoms with Gasteiger partial charge in [-0.05, 0) is 121 Å². The highest BCUT2D eigenvalue weighted by molar-refractivity contribution is 5.95. The maximum Gasteiger partial charge on any atom is 0.306 e. The number of ketones is 1. The van der Waals surface area contributed by atoms with Crippen LogP contribution in [0.1, 0.15) is 172 Å². The molecule has 1 spiro atoms. The van der Waals surface area contributed by atoms with Gasteiger partial charge in [-0.15, -0.1) is 0 Å². The molecule has 5 amide bonds. The average molecular weight is 1090 g/mol. The quantitative estimate of drug-likeness (QED) is 0.0259. The van der Waals surface area contributed by atoms with Crippen LogP contribution in [0.3, 0.4) is 0 Å². The van der Waals surface area contributed by atoms with Gasteiger partial charge in [0.05, 0.1) is 37.3 Å². The lowest BCUT2D eigenvalue weighted by atomic mass is 9.64. The van der Waals surface area contributed by atoms with Crippen molar-refractivity contribution in [3.8, 4) is 0 Å². The number of aliphatic hydroxyl groups excluding tert-OH is 1. The minimum absolute atomic E-state index is 0.0106. The van der Waals surface area contributed by atoms with E-state index in [0.717, 1.165) is 31.2 Å². The van der Waals surface area contributed by atoms with E-state index >= 15 is 0 Å². The number of allylic oxidation sites excluding steroid dienone is 1. The van der Waals surface area contributed by atoms with Gasteiger partial charge in [-0.3, -0.25) is 33.6 Å². The van der Waals surface area contributed by atoms with E-state index in [1.807, 2.05) is 78.8 Å². The number of carbonyl (C=O) groups is 7. The van der Waals surface area contributed by atoms with Crippen LogP contribution >= 0.6 is 0 Å². The van der Waals surface area contributed by atoms with Crippen molar-refractivity contribution >= 4 is 41.3 Å². The predicted octanol–water partition coefficient (Wildman–Crippen LogP) is 7.00. The van der Waals surface area contributed by atoms with Crippen molar-refractivity contribution in [1.29, 1.82) is 0 Å². The first-order valence-electron chi connectivity index (χ1n) is 29.0. The number of amides is 5. The molecule has 438 valence electrons. The maximum absolute atomic E-state index is 14.2. The first-order valence-corrected chi connectivity index (χ1v) is 29.0. The lowest BCUT2D eigenvalue weighted by Gasteiger charge is -2.42. The van der Waals surface area contributed by atoms with Crippen LogP contribution < -0.4 is 26.6 Å². The Morgan fingerprint density at radius 3 is 2.09 bits per heavy atom. The van der Waals surface area contributed by atoms with Crippen molar-refractivity contribution in [2.75, 3.05) is 26.8 Å². The number of esters is 1. The Morgan fingerprint density at radius 2 is 1.51 bits per heavy atom. The number of aliphatic hydroxyl groups is 1. The summed E-state index contributed by atoms with van der Waals surface area (Å²) in [7, 11) is 1.67. The zero-order chi connectivity index (χ0) is 57.8. The summed E-state index contributed by atoms with van der Waals surface area (Å²) in [4.78, 5) is 96.2. The summed E-state index contributed by atoms with van der Waals surface area (Å²) in [5, 5.41) is 24.3. The van der Waals surface area contributed by atoms with Crippen molar-refractivity contribution in [3.63, 3.8) is 0 Å². The SMILES string of the molecule is COC1C(OC(=O)CC2CCC(NC(=O)CCC(=O)[C@H](CC(C)C)NC(=O)[C@H](Cc3ccccc3)NC(=O)CNC(=O)C(C)(CC(C)(CC(C)C)C(=O)NCC(C)O)C(C)C)CC2)CC[C@]2(CO2)C1[C@@]1(C)O[C@@H]1CC=C(C)C. The van der Waals surface area contributed by atoms with Gasteiger partial charge in [-0.2, -0.15) is 0 Å². The second-order valence-electron chi connectivity index (χ2n) is 25.5. The third-order valence-corrected chi connectivity index (χ3v) is 17.1. The number of carbonyl (C=O) groups excluding carboxylic acids is 7. The van der Waals surface area contributed by atoms with Gasteiger partial charge in [0.25, 0.3) is 0 Å². The second kappa shape index (κ2) is 28.1. The predicted molar refractivity (Wildman–Crippen MR) is 298 cm³/mol. The van der Waals surface area contributed by atoms with Crippen molar-refractivity contribution < 1.29 is 57.6 Å². The molecule has 0 aromatic heterocycles. The molecule has 11 atom stereocenters. The highest BCUT2D eigenvalue weighted by atomic mass is 16.6. The zero-order valence-electron chi connectivity index (χ0n) is 49.4. The number of rotatable bonds is 30. The highest BCUT2D eigenvalue weighted by Crippen LogP contribution is 2.59. The molecule has 2 aliphatic heterocycles. The standard InChI is InChI=1S/C61H97N5O12/c1-37(2)19-25-49-60(12,78-49)54-53(75-13)48(27-28-61(54)36-76-61)77-52(71)31-43-20-22-44(23-21-43)64-50(69)26-24-47(68)45(29-38(3)4)66-55(72)46(30-42-17-15-14-16-18-42)65-51(70)34-63-57(74)59(11,40(7)8)35-58(10,32-39(5)6)56(73)62-33-41(9)67/h14-19,38-41,43-46,48-49,53-54,67H,20-36H2,1-13H3,(H,62,73)(H,63,74)(H,64,69)(H,65,70)(H,66,72)/t41?,43?,44?,45-,46-,48?,49+,53?,54?,58?,59?,60-,61-/m0/s1. The molecule has 78 heavy (non-hydrogen) atoms. The Bertz CT molecular complexity index is 2240. The molecule has 5 rings (SSSR count). The van der Waals surface area contributed by atoms with Crippen LogP contribution in [0.25, 0.3) is 0 Å². The summed E-state index contributed by atoms with van der Waals surface area (Å²) in [5.41, 5.74) is -0.749. The van der Waals surface area contributed by atoms with E-state index < -0.39 is 65.0 Å². The minimum Gasteiger partial charge on any atom is -0.460 e. The Hall–Kier alpha value is -4.71. The van der Waals surface area contributed by atoms with Gasteiger partial charge in [-0.25, -0.2) is 0 Å². The van der Waals surface area contributed by atoms with Gasteiger partial charge in [0, 0.05) is 56.2 Å². The Morgan fingerprint density at radius 1 is 0.846 bits per heavy atom. The summed E-state index contributed by atoms with van der Waals surface area (Å²) in [5.74, 6) is -2.69. The van der Waals surface area contributed by atoms with Crippen LogP contribution in [0.2, 0.25) is 0 Å². The summed E-state index contributed by atoms with van der Waals surface area (Å²) < 4.78 is 24.7. The first-order chi connectivity index (χ1) is 36.6. The number of nitrogens with one attached hydrogen (secondary N) is 5. The number of benzene rings is 1. The monoisotopic (exact) mass is 1090 g/mol. The van der Waals surface area contributed by atoms with Crippen molar-refractivity contribution in [2.45, 2.75) is 227 Å². The van der Waals surface area contributed by atoms with Gasteiger partial charge >= 0.3 is 5.97 Å². The molecule has 1 aromatic rings. The normalized spacial score (nSPS) is 27.3. The van der Waals surface area contributed by atoms with Gasteiger partial charge in [0.2, 0.25) is 29.5 Å². The fourth-order valence-electron chi connectivity index (χ4n) is 12.4. The van der Waals surface area contributed by atoms with E-state index in [2.05, 4.69) is 53.4 Å². The largest absolute Gasteiger partial charge is 0.460 e. The molecule has 0 radical (unpaired) electrons. The number of epoxide rings is 2. The Kier molecular flexibility index (Phi) is 23.1. The summed E-state index contributed by atoms with van der Waals surface area (Å²) in [6.07, 6.45) is 7.12. The van der Waals surface area contributed by atoms with Gasteiger partial charge < -0.3 is 50.6 Å². The van der Waals surface area contributed by atoms with Crippen LogP contribution in [0.15, 0.2) is 42.0 Å². The molecule has 4 aliphatic rings. The summed E-state index contributed by atoms with van der Waals surface area (Å²) >= 11 is 0. The smallest absolute Gasteiger partial charge is 0.306 e. The van der Waals surface area contributed by atoms with E-state index in [0.29, 0.717) is 38.7 Å². The fourth-order valence-corrected chi connectivity index (χ4v) is 12.4. The lowest BCUT2D eigenvalue weighted by Crippen LogP contribution is -2.55. The molecule has 1 aromatic carbocycles. The molecular formula is C61H97N5O12. The number of hydrogen-bond donors (Lipinski definition) is 6. The molecular weight excluding hydrogens is 995 g/mol. The second-order valence-corrected chi connectivity index (χ2v) is 25.5. The molecule has 6 unspecified atom stereocenters. The van der Waals surface area contributed by atoms with Gasteiger partial charge in [0.1, 0.15) is 29.5 Å². The lowest BCUT2D eigenvalue weighted by molar-refractivity contribution is -0.173. The van der Waals surface area contributed by atoms with Crippen LogP contribution in [0.5, 0.6) is 0 Å². The van der Waals surface area contributed by atoms with Crippen LogP contribution in [0.4, 0.5) is 0 Å². The summed E-state index contributed by atoms with van der Waals surface area (Å²) in [6.45, 7) is 23.5. The molecule has 2 saturated heterocycles. The Balaban J connectivity index is 1.11.